The van der Waals surface area contributed by atoms with E-state index in [4.69, 9.17) is 20.2 Å². The number of hydrogen-bond donors (Lipinski definition) is 1. The highest BCUT2D eigenvalue weighted by Crippen LogP contribution is 2.48. The SMILES string of the molecule is C[Si](C)(C)OP(O)(=S)O[Si](C)(C)C. The Morgan fingerprint density at radius 1 is 0.923 bits per heavy atom. The Morgan fingerprint density at radius 2 is 1.15 bits per heavy atom. The van der Waals surface area contributed by atoms with Crippen LogP contribution in [-0.4, -0.2) is 21.5 Å². The summed E-state index contributed by atoms with van der Waals surface area (Å²) in [7, 11) is -3.60. The van der Waals surface area contributed by atoms with Gasteiger partial charge in [0.25, 0.3) is 0 Å². The summed E-state index contributed by atoms with van der Waals surface area (Å²) in [5, 5.41) is 0. The van der Waals surface area contributed by atoms with Crippen molar-refractivity contribution >= 4 is 35.2 Å². The molecular formula is C6H19O3PSSi2. The first kappa shape index (κ1) is 14.0. The lowest BCUT2D eigenvalue weighted by molar-refractivity contribution is 0.374. The van der Waals surface area contributed by atoms with Crippen molar-refractivity contribution in [2.24, 2.45) is 0 Å². The van der Waals surface area contributed by atoms with E-state index in [0.29, 0.717) is 0 Å². The van der Waals surface area contributed by atoms with Crippen molar-refractivity contribution in [1.29, 1.82) is 0 Å². The van der Waals surface area contributed by atoms with Crippen LogP contribution in [0.4, 0.5) is 0 Å². The molecule has 3 nitrogen and oxygen atoms in total. The molecule has 13 heavy (non-hydrogen) atoms. The summed E-state index contributed by atoms with van der Waals surface area (Å²) in [5.41, 5.74) is 0. The van der Waals surface area contributed by atoms with E-state index in [1.807, 2.05) is 39.3 Å². The Balaban J connectivity index is 4.35. The lowest BCUT2D eigenvalue weighted by atomic mass is 11.8. The van der Waals surface area contributed by atoms with Gasteiger partial charge in [-0.1, -0.05) is 0 Å². The van der Waals surface area contributed by atoms with E-state index >= 15 is 0 Å². The second kappa shape index (κ2) is 4.22. The number of hydrogen-bond acceptors (Lipinski definition) is 3. The molecule has 0 aliphatic carbocycles. The largest absolute Gasteiger partial charge is 0.352 e. The molecule has 0 aliphatic rings. The van der Waals surface area contributed by atoms with Crippen LogP contribution in [0.15, 0.2) is 0 Å². The third-order valence-corrected chi connectivity index (χ3v) is 8.35. The summed E-state index contributed by atoms with van der Waals surface area (Å²) in [6.45, 7) is 8.93. The van der Waals surface area contributed by atoms with Crippen molar-refractivity contribution < 1.29 is 13.3 Å². The zero-order valence-corrected chi connectivity index (χ0v) is 12.8. The minimum absolute atomic E-state index is 1.80. The molecule has 0 aromatic rings. The molecule has 7 heteroatoms. The standard InChI is InChI=1S/C6H19O3PSSi2/c1-12(2,3)8-10(7,11)9-13(4,5)6/h1-6H3,(H,7,11). The van der Waals surface area contributed by atoms with E-state index in [2.05, 4.69) is 0 Å². The molecule has 0 spiro atoms. The first-order valence-electron chi connectivity index (χ1n) is 4.16. The van der Waals surface area contributed by atoms with Crippen molar-refractivity contribution in [3.63, 3.8) is 0 Å². The summed E-state index contributed by atoms with van der Waals surface area (Å²) < 4.78 is 10.9. The van der Waals surface area contributed by atoms with Crippen LogP contribution >= 0.6 is 6.72 Å². The lowest BCUT2D eigenvalue weighted by Gasteiger charge is -2.29. The molecule has 0 fully saturated rings. The molecule has 1 N–H and O–H groups in total. The fraction of sp³-hybridized carbons (Fsp3) is 1.00. The van der Waals surface area contributed by atoms with Crippen molar-refractivity contribution in [3.8, 4) is 0 Å². The van der Waals surface area contributed by atoms with Crippen LogP contribution in [0.3, 0.4) is 0 Å². The van der Waals surface area contributed by atoms with Crippen molar-refractivity contribution in [2.45, 2.75) is 39.3 Å². The first-order valence-corrected chi connectivity index (χ1v) is 13.6. The summed E-state index contributed by atoms with van der Waals surface area (Å²) in [5.74, 6) is 0. The number of rotatable bonds is 4. The molecule has 0 unspecified atom stereocenters. The van der Waals surface area contributed by atoms with Crippen LogP contribution in [-0.2, 0) is 20.2 Å². The Morgan fingerprint density at radius 3 is 1.31 bits per heavy atom. The third kappa shape index (κ3) is 9.27. The maximum atomic E-state index is 9.74. The maximum Gasteiger partial charge on any atom is 0.304 e. The smallest absolute Gasteiger partial charge is 0.304 e. The summed E-state index contributed by atoms with van der Waals surface area (Å²) in [6, 6.07) is 0. The molecule has 0 saturated heterocycles. The van der Waals surface area contributed by atoms with Gasteiger partial charge >= 0.3 is 6.72 Å². The highest BCUT2D eigenvalue weighted by atomic mass is 32.5. The van der Waals surface area contributed by atoms with E-state index in [0.717, 1.165) is 0 Å². The molecule has 0 aromatic carbocycles. The minimum Gasteiger partial charge on any atom is -0.352 e. The zero-order valence-electron chi connectivity index (χ0n) is 9.12. The lowest BCUT2D eigenvalue weighted by Crippen LogP contribution is -2.29. The van der Waals surface area contributed by atoms with Gasteiger partial charge in [0.1, 0.15) is 0 Å². The van der Waals surface area contributed by atoms with Gasteiger partial charge in [-0.25, -0.2) is 0 Å². The summed E-state index contributed by atoms with van der Waals surface area (Å²) in [6.07, 6.45) is 0. The second-order valence-corrected chi connectivity index (χ2v) is 17.1. The first-order chi connectivity index (χ1) is 5.41. The molecule has 0 atom stereocenters. The van der Waals surface area contributed by atoms with E-state index in [1.54, 1.807) is 0 Å². The van der Waals surface area contributed by atoms with Gasteiger partial charge in [-0.15, -0.1) is 0 Å². The molecule has 0 radical (unpaired) electrons. The quantitative estimate of drug-likeness (QED) is 0.621. The molecule has 0 aliphatic heterocycles. The molecule has 0 aromatic heterocycles. The van der Waals surface area contributed by atoms with Gasteiger partial charge in [-0.3, -0.25) is 0 Å². The van der Waals surface area contributed by atoms with Crippen LogP contribution in [0.25, 0.3) is 0 Å². The van der Waals surface area contributed by atoms with E-state index in [-0.39, 0.29) is 0 Å². The fourth-order valence-electron chi connectivity index (χ4n) is 0.711. The molecule has 0 bridgehead atoms. The van der Waals surface area contributed by atoms with Crippen molar-refractivity contribution in [1.82, 2.24) is 0 Å². The maximum absolute atomic E-state index is 9.74. The third-order valence-electron chi connectivity index (χ3n) is 0.778. The van der Waals surface area contributed by atoms with Gasteiger partial charge in [0.15, 0.2) is 16.6 Å². The average molecular weight is 258 g/mol. The van der Waals surface area contributed by atoms with Gasteiger partial charge < -0.3 is 13.3 Å². The molecule has 0 rings (SSSR count). The van der Waals surface area contributed by atoms with Gasteiger partial charge in [0.05, 0.1) is 0 Å². The Bertz CT molecular complexity index is 201. The van der Waals surface area contributed by atoms with E-state index in [9.17, 15) is 4.89 Å². The average Bonchev–Trinajstić information content (AvgIpc) is 1.43. The molecule has 0 amide bonds. The normalized spacial score (nSPS) is 14.7. The van der Waals surface area contributed by atoms with Gasteiger partial charge in [-0.2, -0.15) is 0 Å². The summed E-state index contributed by atoms with van der Waals surface area (Å²) in [4.78, 5) is 9.74. The predicted molar refractivity (Wildman–Crippen MR) is 65.4 cm³/mol. The summed E-state index contributed by atoms with van der Waals surface area (Å²) >= 11 is 4.93. The Labute approximate surface area is 88.0 Å². The van der Waals surface area contributed by atoms with E-state index in [1.165, 1.54) is 0 Å². The van der Waals surface area contributed by atoms with Crippen LogP contribution in [0, 0.1) is 0 Å². The van der Waals surface area contributed by atoms with Gasteiger partial charge in [-0.05, 0) is 51.1 Å². The fourth-order valence-corrected chi connectivity index (χ4v) is 10.8. The van der Waals surface area contributed by atoms with Crippen LogP contribution in [0.5, 0.6) is 0 Å². The molecule has 0 heterocycles. The van der Waals surface area contributed by atoms with E-state index < -0.39 is 23.4 Å². The monoisotopic (exact) mass is 258 g/mol. The topological polar surface area (TPSA) is 38.7 Å². The van der Waals surface area contributed by atoms with Gasteiger partial charge in [0.2, 0.25) is 0 Å². The van der Waals surface area contributed by atoms with Crippen LogP contribution in [0.2, 0.25) is 39.3 Å². The second-order valence-electron chi connectivity index (χ2n) is 4.88. The predicted octanol–water partition coefficient (Wildman–Crippen LogP) is 2.91. The van der Waals surface area contributed by atoms with Crippen molar-refractivity contribution in [3.05, 3.63) is 0 Å². The van der Waals surface area contributed by atoms with Crippen LogP contribution < -0.4 is 0 Å². The zero-order chi connectivity index (χ0) is 10.9. The molecule has 0 saturated carbocycles. The Hall–Kier alpha value is 0.964. The highest BCUT2D eigenvalue weighted by molar-refractivity contribution is 8.08. The minimum atomic E-state index is -2.98. The molecule has 80 valence electrons. The Kier molecular flexibility index (Phi) is 4.54. The van der Waals surface area contributed by atoms with Crippen molar-refractivity contribution in [2.75, 3.05) is 0 Å². The van der Waals surface area contributed by atoms with Gasteiger partial charge in [0, 0.05) is 0 Å². The molecular weight excluding hydrogens is 239 g/mol. The van der Waals surface area contributed by atoms with Crippen LogP contribution in [0.1, 0.15) is 0 Å². The highest BCUT2D eigenvalue weighted by Gasteiger charge is 2.31.